The third-order valence-electron chi connectivity index (χ3n) is 2.65. The van der Waals surface area contributed by atoms with E-state index in [0.29, 0.717) is 23.7 Å². The summed E-state index contributed by atoms with van der Waals surface area (Å²) in [5.74, 6) is 0. The summed E-state index contributed by atoms with van der Waals surface area (Å²) in [4.78, 5) is 0. The molecule has 0 spiro atoms. The molecule has 0 aromatic heterocycles. The predicted molar refractivity (Wildman–Crippen MR) is 57.6 cm³/mol. The van der Waals surface area contributed by atoms with Crippen LogP contribution in [-0.2, 0) is 0 Å². The third kappa shape index (κ3) is 3.29. The highest BCUT2D eigenvalue weighted by Gasteiger charge is 2.23. The van der Waals surface area contributed by atoms with Crippen molar-refractivity contribution < 1.29 is 0 Å². The van der Waals surface area contributed by atoms with Crippen molar-refractivity contribution in [3.8, 4) is 0 Å². The lowest BCUT2D eigenvalue weighted by atomic mass is 10.00. The molecule has 2 atom stereocenters. The second-order valence-electron chi connectivity index (χ2n) is 3.89. The van der Waals surface area contributed by atoms with Gasteiger partial charge in [-0.05, 0) is 26.7 Å². The van der Waals surface area contributed by atoms with Gasteiger partial charge < -0.3 is 0 Å². The van der Waals surface area contributed by atoms with Gasteiger partial charge in [-0.25, -0.2) is 10.4 Å². The predicted octanol–water partition coefficient (Wildman–Crippen LogP) is 2.51. The van der Waals surface area contributed by atoms with Gasteiger partial charge in [-0.15, -0.1) is 0 Å². The van der Waals surface area contributed by atoms with Crippen molar-refractivity contribution in [2.24, 2.45) is 0 Å². The van der Waals surface area contributed by atoms with E-state index >= 15 is 0 Å². The second-order valence-corrected chi connectivity index (χ2v) is 4.42. The number of hydrazine groups is 1. The minimum absolute atomic E-state index is 0.611. The Morgan fingerprint density at radius 2 is 2.00 bits per heavy atom. The Balaban J connectivity index is 2.39. The molecule has 2 unspecified atom stereocenters. The molecule has 1 N–H and O–H groups in total. The smallest absolute Gasteiger partial charge is 0.0455 e. The molecule has 13 heavy (non-hydrogen) atoms. The Hall–Kier alpha value is -0.0500. The Morgan fingerprint density at radius 3 is 2.46 bits per heavy atom. The van der Waals surface area contributed by atoms with Gasteiger partial charge in [-0.3, -0.25) is 0 Å². The Bertz CT molecular complexity index is 172. The van der Waals surface area contributed by atoms with Crippen LogP contribution in [0.3, 0.4) is 0 Å². The van der Waals surface area contributed by atoms with Crippen molar-refractivity contribution in [3.63, 3.8) is 0 Å². The van der Waals surface area contributed by atoms with Gasteiger partial charge in [0.1, 0.15) is 0 Å². The van der Waals surface area contributed by atoms with E-state index in [2.05, 4.69) is 30.9 Å². The van der Waals surface area contributed by atoms with E-state index < -0.39 is 0 Å². The van der Waals surface area contributed by atoms with Crippen LogP contribution in [-0.4, -0.2) is 23.6 Å². The van der Waals surface area contributed by atoms with Crippen molar-refractivity contribution in [2.75, 3.05) is 6.54 Å². The molecule has 0 aliphatic carbocycles. The first-order valence-corrected chi connectivity index (χ1v) is 5.34. The molecule has 0 amide bonds. The van der Waals surface area contributed by atoms with Crippen LogP contribution in [0.4, 0.5) is 0 Å². The summed E-state index contributed by atoms with van der Waals surface area (Å²) in [5.41, 5.74) is 3.32. The molecular formula is C10H19ClN2. The summed E-state index contributed by atoms with van der Waals surface area (Å²) in [5, 5.41) is 2.97. The van der Waals surface area contributed by atoms with Crippen molar-refractivity contribution in [1.82, 2.24) is 10.4 Å². The highest BCUT2D eigenvalue weighted by molar-refractivity contribution is 6.29. The molecule has 0 saturated carbocycles. The molecule has 1 fully saturated rings. The molecule has 1 aliphatic rings. The van der Waals surface area contributed by atoms with Crippen LogP contribution in [0, 0.1) is 0 Å². The molecule has 1 rings (SSSR count). The van der Waals surface area contributed by atoms with Gasteiger partial charge in [-0.2, -0.15) is 0 Å². The molecule has 1 heterocycles. The van der Waals surface area contributed by atoms with Crippen LogP contribution in [0.1, 0.15) is 33.1 Å². The lowest BCUT2D eigenvalue weighted by Crippen LogP contribution is -2.52. The zero-order valence-corrected chi connectivity index (χ0v) is 9.27. The summed E-state index contributed by atoms with van der Waals surface area (Å²) in [6.07, 6.45) is 3.88. The molecule has 76 valence electrons. The molecule has 0 bridgehead atoms. The maximum absolute atomic E-state index is 5.71. The summed E-state index contributed by atoms with van der Waals surface area (Å²) in [7, 11) is 0. The minimum Gasteiger partial charge on any atom is -0.249 e. The van der Waals surface area contributed by atoms with E-state index in [4.69, 9.17) is 11.6 Å². The number of piperidine rings is 1. The van der Waals surface area contributed by atoms with Crippen molar-refractivity contribution in [2.45, 2.75) is 45.2 Å². The minimum atomic E-state index is 0.611. The molecule has 3 heteroatoms. The number of nitrogens with zero attached hydrogens (tertiary/aromatic N) is 1. The zero-order chi connectivity index (χ0) is 9.84. The highest BCUT2D eigenvalue weighted by Crippen LogP contribution is 2.20. The van der Waals surface area contributed by atoms with E-state index in [1.165, 1.54) is 19.3 Å². The van der Waals surface area contributed by atoms with Gasteiger partial charge in [0.2, 0.25) is 0 Å². The molecular weight excluding hydrogens is 184 g/mol. The number of halogens is 1. The number of hydrogen-bond donors (Lipinski definition) is 1. The van der Waals surface area contributed by atoms with Crippen LogP contribution >= 0.6 is 11.6 Å². The number of rotatable bonds is 3. The maximum atomic E-state index is 5.71. The SMILES string of the molecule is C=C(Cl)CNN1C(C)CCCC1C. The fraction of sp³-hybridized carbons (Fsp3) is 0.800. The fourth-order valence-electron chi connectivity index (χ4n) is 1.91. The van der Waals surface area contributed by atoms with Gasteiger partial charge in [0.25, 0.3) is 0 Å². The van der Waals surface area contributed by atoms with Crippen LogP contribution < -0.4 is 5.43 Å². The van der Waals surface area contributed by atoms with E-state index in [9.17, 15) is 0 Å². The summed E-state index contributed by atoms with van der Waals surface area (Å²) in [6.45, 7) is 8.84. The van der Waals surface area contributed by atoms with Crippen LogP contribution in [0.15, 0.2) is 11.6 Å². The highest BCUT2D eigenvalue weighted by atomic mass is 35.5. The standard InChI is InChI=1S/C10H19ClN2/c1-8(11)7-12-13-9(2)5-4-6-10(13)3/h9-10,12H,1,4-7H2,2-3H3. The Kier molecular flexibility index (Phi) is 4.23. The molecule has 1 saturated heterocycles. The third-order valence-corrected chi connectivity index (χ3v) is 2.78. The van der Waals surface area contributed by atoms with E-state index in [-0.39, 0.29) is 0 Å². The topological polar surface area (TPSA) is 15.3 Å². The van der Waals surface area contributed by atoms with Crippen LogP contribution in [0.25, 0.3) is 0 Å². The largest absolute Gasteiger partial charge is 0.249 e. The van der Waals surface area contributed by atoms with E-state index in [1.54, 1.807) is 0 Å². The van der Waals surface area contributed by atoms with Gasteiger partial charge in [0, 0.05) is 23.7 Å². The molecule has 0 aromatic rings. The van der Waals surface area contributed by atoms with Crippen molar-refractivity contribution in [1.29, 1.82) is 0 Å². The maximum Gasteiger partial charge on any atom is 0.0455 e. The van der Waals surface area contributed by atoms with Crippen molar-refractivity contribution in [3.05, 3.63) is 11.6 Å². The monoisotopic (exact) mass is 202 g/mol. The first-order valence-electron chi connectivity index (χ1n) is 4.96. The van der Waals surface area contributed by atoms with Crippen molar-refractivity contribution >= 4 is 11.6 Å². The van der Waals surface area contributed by atoms with E-state index in [1.807, 2.05) is 0 Å². The first kappa shape index (κ1) is 11.0. The fourth-order valence-corrected chi connectivity index (χ4v) is 1.97. The molecule has 1 aliphatic heterocycles. The van der Waals surface area contributed by atoms with Crippen LogP contribution in [0.5, 0.6) is 0 Å². The van der Waals surface area contributed by atoms with Gasteiger partial charge >= 0.3 is 0 Å². The Labute approximate surface area is 85.9 Å². The summed E-state index contributed by atoms with van der Waals surface area (Å²) in [6, 6.07) is 1.22. The molecule has 0 aromatic carbocycles. The average molecular weight is 203 g/mol. The second kappa shape index (κ2) is 4.99. The summed E-state index contributed by atoms with van der Waals surface area (Å²) < 4.78 is 0. The van der Waals surface area contributed by atoms with Gasteiger partial charge in [0.15, 0.2) is 0 Å². The van der Waals surface area contributed by atoms with Gasteiger partial charge in [-0.1, -0.05) is 24.6 Å². The molecule has 2 nitrogen and oxygen atoms in total. The zero-order valence-electron chi connectivity index (χ0n) is 8.52. The number of hydrogen-bond acceptors (Lipinski definition) is 2. The molecule has 0 radical (unpaired) electrons. The van der Waals surface area contributed by atoms with Crippen LogP contribution in [0.2, 0.25) is 0 Å². The quantitative estimate of drug-likeness (QED) is 0.757. The first-order chi connectivity index (χ1) is 6.11. The average Bonchev–Trinajstić information content (AvgIpc) is 2.03. The lowest BCUT2D eigenvalue weighted by molar-refractivity contribution is 0.0510. The van der Waals surface area contributed by atoms with Gasteiger partial charge in [0.05, 0.1) is 0 Å². The Morgan fingerprint density at radius 1 is 1.46 bits per heavy atom. The summed E-state index contributed by atoms with van der Waals surface area (Å²) >= 11 is 5.71. The normalized spacial score (nSPS) is 30.4. The lowest BCUT2D eigenvalue weighted by Gasteiger charge is -2.39. The van der Waals surface area contributed by atoms with E-state index in [0.717, 1.165) is 0 Å². The number of nitrogens with one attached hydrogen (secondary N) is 1.